The number of thiophene rings is 2. The molecule has 3 heterocycles. The maximum atomic E-state index is 12.5. The quantitative estimate of drug-likeness (QED) is 0.762. The number of hydrogen-bond donors (Lipinski definition) is 1. The van der Waals surface area contributed by atoms with E-state index in [9.17, 15) is 14.9 Å². The zero-order valence-corrected chi connectivity index (χ0v) is 16.7. The molecule has 0 atom stereocenters. The molecule has 1 aliphatic rings. The summed E-state index contributed by atoms with van der Waals surface area (Å²) in [4.78, 5) is 26.8. The van der Waals surface area contributed by atoms with Crippen molar-refractivity contribution in [2.24, 2.45) is 0 Å². The summed E-state index contributed by atoms with van der Waals surface area (Å²) < 4.78 is 5.73. The highest BCUT2D eigenvalue weighted by molar-refractivity contribution is 7.20. The first-order valence-corrected chi connectivity index (χ1v) is 10.1. The Morgan fingerprint density at radius 1 is 1.42 bits per heavy atom. The fourth-order valence-electron chi connectivity index (χ4n) is 2.65. The predicted octanol–water partition coefficient (Wildman–Crippen LogP) is 4.75. The molecule has 0 radical (unpaired) electrons. The van der Waals surface area contributed by atoms with Gasteiger partial charge in [-0.05, 0) is 25.0 Å². The van der Waals surface area contributed by atoms with Crippen molar-refractivity contribution >= 4 is 62.9 Å². The second-order valence-electron chi connectivity index (χ2n) is 5.38. The monoisotopic (exact) mass is 429 g/mol. The smallest absolute Gasteiger partial charge is 0.410 e. The van der Waals surface area contributed by atoms with Crippen LogP contribution in [0.3, 0.4) is 0 Å². The average Bonchev–Trinajstić information content (AvgIpc) is 3.12. The highest BCUT2D eigenvalue weighted by atomic mass is 35.5. The average molecular weight is 430 g/mol. The highest BCUT2D eigenvalue weighted by Crippen LogP contribution is 2.38. The van der Waals surface area contributed by atoms with Crippen LogP contribution >= 0.6 is 45.9 Å². The van der Waals surface area contributed by atoms with Crippen LogP contribution in [-0.2, 0) is 17.7 Å². The minimum absolute atomic E-state index is 0.269. The molecule has 2 amide bonds. The Labute approximate surface area is 167 Å². The van der Waals surface area contributed by atoms with E-state index in [1.807, 2.05) is 0 Å². The second kappa shape index (κ2) is 7.84. The fraction of sp³-hybridized carbons (Fsp3) is 0.312. The van der Waals surface area contributed by atoms with E-state index in [1.165, 1.54) is 17.4 Å². The molecule has 3 rings (SSSR count). The summed E-state index contributed by atoms with van der Waals surface area (Å²) in [6.45, 7) is 2.88. The lowest BCUT2D eigenvalue weighted by Crippen LogP contribution is -2.35. The maximum absolute atomic E-state index is 12.5. The Morgan fingerprint density at radius 3 is 2.81 bits per heavy atom. The van der Waals surface area contributed by atoms with Gasteiger partial charge in [-0.2, -0.15) is 5.26 Å². The largest absolute Gasteiger partial charge is 0.450 e. The van der Waals surface area contributed by atoms with E-state index in [4.69, 9.17) is 27.9 Å². The third-order valence-corrected chi connectivity index (χ3v) is 6.44. The van der Waals surface area contributed by atoms with Crippen molar-refractivity contribution in [1.82, 2.24) is 4.90 Å². The Morgan fingerprint density at radius 2 is 2.19 bits per heavy atom. The van der Waals surface area contributed by atoms with Gasteiger partial charge >= 0.3 is 6.09 Å². The lowest BCUT2D eigenvalue weighted by Gasteiger charge is -2.25. The number of fused-ring (bicyclic) bond motifs is 1. The minimum Gasteiger partial charge on any atom is -0.450 e. The van der Waals surface area contributed by atoms with Gasteiger partial charge in [0.15, 0.2) is 0 Å². The number of halogens is 2. The first-order valence-electron chi connectivity index (χ1n) is 7.67. The number of rotatable bonds is 3. The van der Waals surface area contributed by atoms with Crippen molar-refractivity contribution in [3.8, 4) is 6.07 Å². The molecule has 2 aromatic rings. The lowest BCUT2D eigenvalue weighted by molar-refractivity contribution is 0.102. The number of nitriles is 1. The van der Waals surface area contributed by atoms with E-state index < -0.39 is 5.91 Å². The van der Waals surface area contributed by atoms with Crippen LogP contribution in [0, 0.1) is 11.3 Å². The predicted molar refractivity (Wildman–Crippen MR) is 102 cm³/mol. The van der Waals surface area contributed by atoms with Gasteiger partial charge in [-0.15, -0.1) is 22.7 Å². The van der Waals surface area contributed by atoms with E-state index >= 15 is 0 Å². The fourth-order valence-corrected chi connectivity index (χ4v) is 5.31. The molecule has 136 valence electrons. The van der Waals surface area contributed by atoms with Crippen molar-refractivity contribution < 1.29 is 14.3 Å². The number of ether oxygens (including phenoxy) is 1. The third-order valence-electron chi connectivity index (χ3n) is 3.82. The molecule has 6 nitrogen and oxygen atoms in total. The van der Waals surface area contributed by atoms with E-state index in [1.54, 1.807) is 11.8 Å². The molecule has 10 heteroatoms. The topological polar surface area (TPSA) is 82.4 Å². The van der Waals surface area contributed by atoms with Gasteiger partial charge in [0.25, 0.3) is 5.91 Å². The molecule has 26 heavy (non-hydrogen) atoms. The van der Waals surface area contributed by atoms with E-state index in [0.717, 1.165) is 21.8 Å². The Hall–Kier alpha value is -1.79. The van der Waals surface area contributed by atoms with Crippen LogP contribution in [0.15, 0.2) is 6.07 Å². The maximum Gasteiger partial charge on any atom is 0.410 e. The number of anilines is 1. The zero-order chi connectivity index (χ0) is 18.8. The molecule has 2 aromatic heterocycles. The molecular formula is C16H13Cl2N3O3S2. The summed E-state index contributed by atoms with van der Waals surface area (Å²) in [7, 11) is 0. The molecule has 1 N–H and O–H groups in total. The van der Waals surface area contributed by atoms with Crippen LogP contribution in [0.4, 0.5) is 9.80 Å². The molecule has 0 unspecified atom stereocenters. The van der Waals surface area contributed by atoms with E-state index in [0.29, 0.717) is 45.4 Å². The molecule has 0 saturated carbocycles. The van der Waals surface area contributed by atoms with Gasteiger partial charge in [-0.1, -0.05) is 23.2 Å². The molecule has 0 fully saturated rings. The normalized spacial score (nSPS) is 13.1. The van der Waals surface area contributed by atoms with Crippen LogP contribution in [0.2, 0.25) is 8.67 Å². The van der Waals surface area contributed by atoms with Gasteiger partial charge in [0.1, 0.15) is 15.4 Å². The first-order chi connectivity index (χ1) is 12.4. The molecule has 1 aliphatic heterocycles. The highest BCUT2D eigenvalue weighted by Gasteiger charge is 2.28. The molecule has 0 aliphatic carbocycles. The SMILES string of the molecule is CCOC(=O)N1CCc2c(sc(NC(=O)c3cc(Cl)sc3Cl)c2C#N)C1. The van der Waals surface area contributed by atoms with Crippen LogP contribution in [0.25, 0.3) is 0 Å². The number of amides is 2. The summed E-state index contributed by atoms with van der Waals surface area (Å²) in [5, 5.41) is 12.7. The second-order valence-corrected chi connectivity index (χ2v) is 8.77. The number of carbonyl (C=O) groups excluding carboxylic acids is 2. The Kier molecular flexibility index (Phi) is 5.73. The summed E-state index contributed by atoms with van der Waals surface area (Å²) in [6.07, 6.45) is 0.157. The molecular weight excluding hydrogens is 417 g/mol. The Bertz CT molecular complexity index is 917. The van der Waals surface area contributed by atoms with E-state index in [-0.39, 0.29) is 11.7 Å². The van der Waals surface area contributed by atoms with Crippen molar-refractivity contribution in [3.63, 3.8) is 0 Å². The summed E-state index contributed by atoms with van der Waals surface area (Å²) in [5.74, 6) is -0.421. The Balaban J connectivity index is 1.84. The molecule has 0 spiro atoms. The third kappa shape index (κ3) is 3.67. The van der Waals surface area contributed by atoms with Gasteiger partial charge < -0.3 is 15.0 Å². The molecule has 0 aromatic carbocycles. The van der Waals surface area contributed by atoms with Crippen LogP contribution < -0.4 is 5.32 Å². The van der Waals surface area contributed by atoms with Crippen molar-refractivity contribution in [3.05, 3.63) is 36.3 Å². The van der Waals surface area contributed by atoms with Crippen LogP contribution in [0.1, 0.15) is 33.3 Å². The van der Waals surface area contributed by atoms with Gasteiger partial charge in [0.05, 0.1) is 28.6 Å². The summed E-state index contributed by atoms with van der Waals surface area (Å²) in [6, 6.07) is 3.65. The van der Waals surface area contributed by atoms with Crippen LogP contribution in [0.5, 0.6) is 0 Å². The number of hydrogen-bond acceptors (Lipinski definition) is 6. The number of carbonyl (C=O) groups is 2. The molecule has 0 saturated heterocycles. The molecule has 0 bridgehead atoms. The first kappa shape index (κ1) is 19.0. The van der Waals surface area contributed by atoms with Gasteiger partial charge in [0, 0.05) is 11.4 Å². The van der Waals surface area contributed by atoms with Gasteiger partial charge in [0.2, 0.25) is 0 Å². The lowest BCUT2D eigenvalue weighted by atomic mass is 10.0. The standard InChI is InChI=1S/C16H13Cl2N3O3S2/c1-2-24-16(23)21-4-3-8-10(6-19)15(25-11(8)7-21)20-14(22)9-5-12(17)26-13(9)18/h5H,2-4,7H2,1H3,(H,20,22). The summed E-state index contributed by atoms with van der Waals surface area (Å²) >= 11 is 14.3. The van der Waals surface area contributed by atoms with Gasteiger partial charge in [-0.25, -0.2) is 4.79 Å². The minimum atomic E-state index is -0.421. The van der Waals surface area contributed by atoms with Gasteiger partial charge in [-0.3, -0.25) is 4.79 Å². The van der Waals surface area contributed by atoms with E-state index in [2.05, 4.69) is 11.4 Å². The zero-order valence-electron chi connectivity index (χ0n) is 13.6. The van der Waals surface area contributed by atoms with Crippen molar-refractivity contribution in [2.45, 2.75) is 19.9 Å². The summed E-state index contributed by atoms with van der Waals surface area (Å²) in [5.41, 5.74) is 1.56. The van der Waals surface area contributed by atoms with Crippen molar-refractivity contribution in [1.29, 1.82) is 5.26 Å². The van der Waals surface area contributed by atoms with Crippen LogP contribution in [-0.4, -0.2) is 30.1 Å². The number of nitrogens with zero attached hydrogens (tertiary/aromatic N) is 2. The number of nitrogens with one attached hydrogen (secondary N) is 1. The van der Waals surface area contributed by atoms with Crippen molar-refractivity contribution in [2.75, 3.05) is 18.5 Å².